The molecule has 1 aliphatic rings. The maximum Gasteiger partial charge on any atom is 0.0650 e. The fourth-order valence-electron chi connectivity index (χ4n) is 1.49. The Morgan fingerprint density at radius 3 is 2.79 bits per heavy atom. The van der Waals surface area contributed by atoms with Gasteiger partial charge in [0.2, 0.25) is 0 Å². The predicted octanol–water partition coefficient (Wildman–Crippen LogP) is 2.36. The summed E-state index contributed by atoms with van der Waals surface area (Å²) in [6.45, 7) is 9.59. The van der Waals surface area contributed by atoms with E-state index in [1.165, 1.54) is 6.42 Å². The molecule has 0 aliphatic carbocycles. The number of hydrogen-bond donors (Lipinski definition) is 1. The molecule has 1 aliphatic heterocycles. The lowest BCUT2D eigenvalue weighted by Crippen LogP contribution is -2.31. The third-order valence-electron chi connectivity index (χ3n) is 2.97. The highest BCUT2D eigenvalue weighted by atomic mass is 16.5. The molecule has 0 radical (unpaired) electrons. The molecular weight excluding hydrogens is 174 g/mol. The standard InChI is InChI=1S/C12H23NO/c1-10(2)11(3)13-7-4-12-5-8-14-9-6-12/h5,10-11,13H,4,6-9H2,1-3H3. The summed E-state index contributed by atoms with van der Waals surface area (Å²) in [7, 11) is 0. The van der Waals surface area contributed by atoms with Crippen LogP contribution in [0.4, 0.5) is 0 Å². The first-order valence-electron chi connectivity index (χ1n) is 5.69. The molecule has 14 heavy (non-hydrogen) atoms. The van der Waals surface area contributed by atoms with Crippen LogP contribution in [0.25, 0.3) is 0 Å². The van der Waals surface area contributed by atoms with Gasteiger partial charge in [-0.2, -0.15) is 0 Å². The number of hydrogen-bond acceptors (Lipinski definition) is 2. The molecule has 1 unspecified atom stereocenters. The summed E-state index contributed by atoms with van der Waals surface area (Å²) >= 11 is 0. The van der Waals surface area contributed by atoms with Crippen LogP contribution in [0.15, 0.2) is 11.6 Å². The topological polar surface area (TPSA) is 21.3 Å². The molecule has 0 fully saturated rings. The van der Waals surface area contributed by atoms with Crippen molar-refractivity contribution < 1.29 is 4.74 Å². The first-order chi connectivity index (χ1) is 6.70. The van der Waals surface area contributed by atoms with Crippen LogP contribution in [-0.2, 0) is 4.74 Å². The van der Waals surface area contributed by atoms with Crippen LogP contribution in [0.3, 0.4) is 0 Å². The molecule has 0 amide bonds. The molecule has 0 aromatic carbocycles. The van der Waals surface area contributed by atoms with Gasteiger partial charge in [-0.25, -0.2) is 0 Å². The van der Waals surface area contributed by atoms with Gasteiger partial charge in [-0.15, -0.1) is 0 Å². The lowest BCUT2D eigenvalue weighted by atomic mass is 10.0. The zero-order chi connectivity index (χ0) is 10.4. The van der Waals surface area contributed by atoms with E-state index in [4.69, 9.17) is 4.74 Å². The van der Waals surface area contributed by atoms with Crippen molar-refractivity contribution in [1.82, 2.24) is 5.32 Å². The van der Waals surface area contributed by atoms with Gasteiger partial charge < -0.3 is 10.1 Å². The van der Waals surface area contributed by atoms with Gasteiger partial charge in [0.1, 0.15) is 0 Å². The predicted molar refractivity (Wildman–Crippen MR) is 60.4 cm³/mol. The van der Waals surface area contributed by atoms with Crippen molar-refractivity contribution in [2.24, 2.45) is 5.92 Å². The zero-order valence-electron chi connectivity index (χ0n) is 9.68. The van der Waals surface area contributed by atoms with Crippen LogP contribution < -0.4 is 5.32 Å². The molecule has 82 valence electrons. The second-order valence-corrected chi connectivity index (χ2v) is 4.42. The molecule has 2 heteroatoms. The van der Waals surface area contributed by atoms with Crippen molar-refractivity contribution in [3.8, 4) is 0 Å². The quantitative estimate of drug-likeness (QED) is 0.683. The van der Waals surface area contributed by atoms with Crippen LogP contribution in [0, 0.1) is 5.92 Å². The van der Waals surface area contributed by atoms with Crippen LogP contribution in [0.1, 0.15) is 33.6 Å². The molecule has 1 rings (SSSR count). The van der Waals surface area contributed by atoms with Gasteiger partial charge in [0, 0.05) is 6.04 Å². The highest BCUT2D eigenvalue weighted by molar-refractivity contribution is 5.04. The fourth-order valence-corrected chi connectivity index (χ4v) is 1.49. The second kappa shape index (κ2) is 6.20. The second-order valence-electron chi connectivity index (χ2n) is 4.42. The average Bonchev–Trinajstić information content (AvgIpc) is 2.19. The number of ether oxygens (including phenoxy) is 1. The lowest BCUT2D eigenvalue weighted by molar-refractivity contribution is 0.153. The van der Waals surface area contributed by atoms with Gasteiger partial charge in [0.25, 0.3) is 0 Å². The molecule has 0 aromatic rings. The van der Waals surface area contributed by atoms with Gasteiger partial charge in [-0.3, -0.25) is 0 Å². The third-order valence-corrected chi connectivity index (χ3v) is 2.97. The zero-order valence-corrected chi connectivity index (χ0v) is 9.68. The Morgan fingerprint density at radius 1 is 1.43 bits per heavy atom. The Balaban J connectivity index is 2.11. The minimum Gasteiger partial charge on any atom is -0.377 e. The molecule has 1 N–H and O–H groups in total. The van der Waals surface area contributed by atoms with Crippen molar-refractivity contribution in [3.63, 3.8) is 0 Å². The van der Waals surface area contributed by atoms with Gasteiger partial charge >= 0.3 is 0 Å². The highest BCUT2D eigenvalue weighted by Gasteiger charge is 2.07. The summed E-state index contributed by atoms with van der Waals surface area (Å²) in [6, 6.07) is 0.621. The molecule has 0 aromatic heterocycles. The highest BCUT2D eigenvalue weighted by Crippen LogP contribution is 2.11. The van der Waals surface area contributed by atoms with Crippen molar-refractivity contribution >= 4 is 0 Å². The average molecular weight is 197 g/mol. The molecular formula is C12H23NO. The summed E-state index contributed by atoms with van der Waals surface area (Å²) in [5, 5.41) is 3.55. The Kier molecular flexibility index (Phi) is 5.20. The van der Waals surface area contributed by atoms with Gasteiger partial charge in [-0.05, 0) is 32.2 Å². The largest absolute Gasteiger partial charge is 0.377 e. The Bertz CT molecular complexity index is 187. The minimum absolute atomic E-state index is 0.621. The van der Waals surface area contributed by atoms with E-state index in [2.05, 4.69) is 32.2 Å². The first kappa shape index (κ1) is 11.7. The van der Waals surface area contributed by atoms with Crippen molar-refractivity contribution in [1.29, 1.82) is 0 Å². The maximum absolute atomic E-state index is 5.27. The SMILES string of the molecule is CC(C)C(C)NCCC1=CCOCC1. The maximum atomic E-state index is 5.27. The van der Waals surface area contributed by atoms with Gasteiger partial charge in [-0.1, -0.05) is 25.5 Å². The van der Waals surface area contributed by atoms with E-state index in [9.17, 15) is 0 Å². The summed E-state index contributed by atoms with van der Waals surface area (Å²) in [5.74, 6) is 0.721. The number of nitrogens with one attached hydrogen (secondary N) is 1. The number of rotatable bonds is 5. The normalized spacial score (nSPS) is 19.6. The van der Waals surface area contributed by atoms with Crippen LogP contribution in [0.2, 0.25) is 0 Å². The Labute approximate surface area is 87.7 Å². The van der Waals surface area contributed by atoms with E-state index in [1.54, 1.807) is 5.57 Å². The van der Waals surface area contributed by atoms with Crippen LogP contribution in [0.5, 0.6) is 0 Å². The molecule has 0 saturated heterocycles. The molecule has 0 saturated carbocycles. The molecule has 1 heterocycles. The molecule has 2 nitrogen and oxygen atoms in total. The van der Waals surface area contributed by atoms with Crippen LogP contribution >= 0.6 is 0 Å². The van der Waals surface area contributed by atoms with Crippen molar-refractivity contribution in [2.75, 3.05) is 19.8 Å². The van der Waals surface area contributed by atoms with E-state index in [-0.39, 0.29) is 0 Å². The summed E-state index contributed by atoms with van der Waals surface area (Å²) in [5.41, 5.74) is 1.56. The minimum atomic E-state index is 0.621. The Morgan fingerprint density at radius 2 is 2.21 bits per heavy atom. The van der Waals surface area contributed by atoms with Gasteiger partial charge in [0.05, 0.1) is 13.2 Å². The smallest absolute Gasteiger partial charge is 0.0650 e. The monoisotopic (exact) mass is 197 g/mol. The van der Waals surface area contributed by atoms with Crippen molar-refractivity contribution in [3.05, 3.63) is 11.6 Å². The van der Waals surface area contributed by atoms with Crippen LogP contribution in [-0.4, -0.2) is 25.8 Å². The van der Waals surface area contributed by atoms with Crippen molar-refractivity contribution in [2.45, 2.75) is 39.7 Å². The van der Waals surface area contributed by atoms with E-state index in [0.717, 1.165) is 32.1 Å². The molecule has 1 atom stereocenters. The summed E-state index contributed by atoms with van der Waals surface area (Å²) < 4.78 is 5.27. The van der Waals surface area contributed by atoms with E-state index >= 15 is 0 Å². The molecule has 0 spiro atoms. The van der Waals surface area contributed by atoms with E-state index in [1.807, 2.05) is 0 Å². The van der Waals surface area contributed by atoms with E-state index < -0.39 is 0 Å². The van der Waals surface area contributed by atoms with Gasteiger partial charge in [0.15, 0.2) is 0 Å². The third kappa shape index (κ3) is 4.25. The van der Waals surface area contributed by atoms with E-state index in [0.29, 0.717) is 6.04 Å². The summed E-state index contributed by atoms with van der Waals surface area (Å²) in [6.07, 6.45) is 4.53. The summed E-state index contributed by atoms with van der Waals surface area (Å²) in [4.78, 5) is 0. The lowest BCUT2D eigenvalue weighted by Gasteiger charge is -2.19. The Hall–Kier alpha value is -0.340. The fraction of sp³-hybridized carbons (Fsp3) is 0.833. The first-order valence-corrected chi connectivity index (χ1v) is 5.69. The molecule has 0 bridgehead atoms.